The van der Waals surface area contributed by atoms with Crippen LogP contribution in [0.25, 0.3) is 3.58 Å². The van der Waals surface area contributed by atoms with Gasteiger partial charge in [0.15, 0.2) is 6.61 Å². The van der Waals surface area contributed by atoms with E-state index in [1.165, 1.54) is 0 Å². The number of ether oxygens (including phenoxy) is 2. The third-order valence-corrected chi connectivity index (χ3v) is 4.12. The molecule has 120 valence electrons. The fourth-order valence-electron chi connectivity index (χ4n) is 1.94. The van der Waals surface area contributed by atoms with Crippen molar-refractivity contribution in [2.24, 2.45) is 0 Å². The SMILES string of the molecule is Cc1cc(OCC=C(I)c2ccccc2)ccc1OCC(=O)O. The quantitative estimate of drug-likeness (QED) is 0.674. The molecule has 0 aliphatic rings. The van der Waals surface area contributed by atoms with Crippen LogP contribution in [-0.4, -0.2) is 24.3 Å². The molecule has 0 saturated carbocycles. The van der Waals surface area contributed by atoms with E-state index in [2.05, 4.69) is 34.7 Å². The molecule has 0 spiro atoms. The summed E-state index contributed by atoms with van der Waals surface area (Å²) in [4.78, 5) is 10.5. The Bertz CT molecular complexity index is 695. The van der Waals surface area contributed by atoms with E-state index < -0.39 is 5.97 Å². The number of carboxylic acid groups (broad SMARTS) is 1. The number of hydrogen-bond donors (Lipinski definition) is 1. The Morgan fingerprint density at radius 2 is 1.91 bits per heavy atom. The number of benzene rings is 2. The number of aliphatic carboxylic acids is 1. The van der Waals surface area contributed by atoms with E-state index in [0.717, 1.165) is 20.5 Å². The molecular formula is C18H17IO4. The Balaban J connectivity index is 1.93. The van der Waals surface area contributed by atoms with Crippen molar-refractivity contribution in [3.05, 3.63) is 65.7 Å². The third kappa shape index (κ3) is 5.59. The summed E-state index contributed by atoms with van der Waals surface area (Å²) in [7, 11) is 0. The van der Waals surface area contributed by atoms with Gasteiger partial charge in [-0.1, -0.05) is 30.3 Å². The van der Waals surface area contributed by atoms with Crippen LogP contribution in [0.2, 0.25) is 0 Å². The predicted molar refractivity (Wildman–Crippen MR) is 98.2 cm³/mol. The van der Waals surface area contributed by atoms with Gasteiger partial charge in [-0.25, -0.2) is 4.79 Å². The first-order valence-electron chi connectivity index (χ1n) is 7.05. The Kier molecular flexibility index (Phi) is 6.46. The van der Waals surface area contributed by atoms with E-state index in [4.69, 9.17) is 14.6 Å². The normalized spacial score (nSPS) is 11.1. The van der Waals surface area contributed by atoms with Crippen LogP contribution < -0.4 is 9.47 Å². The minimum Gasteiger partial charge on any atom is -0.489 e. The summed E-state index contributed by atoms with van der Waals surface area (Å²) in [5, 5.41) is 8.63. The molecule has 0 bridgehead atoms. The standard InChI is InChI=1S/C18H17IO4/c1-13-11-15(7-8-17(13)23-12-18(20)21)22-10-9-16(19)14-5-3-2-4-6-14/h2-9,11H,10,12H2,1H3,(H,20,21). The summed E-state index contributed by atoms with van der Waals surface area (Å²) in [5.41, 5.74) is 2.00. The molecule has 0 radical (unpaired) electrons. The van der Waals surface area contributed by atoms with Gasteiger partial charge in [0.1, 0.15) is 18.1 Å². The van der Waals surface area contributed by atoms with Crippen LogP contribution in [0.1, 0.15) is 11.1 Å². The van der Waals surface area contributed by atoms with E-state index in [-0.39, 0.29) is 6.61 Å². The highest BCUT2D eigenvalue weighted by atomic mass is 127. The topological polar surface area (TPSA) is 55.8 Å². The zero-order valence-corrected chi connectivity index (χ0v) is 14.8. The number of halogens is 1. The largest absolute Gasteiger partial charge is 0.489 e. The molecule has 0 aromatic heterocycles. The van der Waals surface area contributed by atoms with Crippen molar-refractivity contribution in [2.75, 3.05) is 13.2 Å². The van der Waals surface area contributed by atoms with E-state index >= 15 is 0 Å². The first-order chi connectivity index (χ1) is 11.1. The molecule has 2 rings (SSSR count). The van der Waals surface area contributed by atoms with Gasteiger partial charge in [-0.2, -0.15) is 0 Å². The lowest BCUT2D eigenvalue weighted by Gasteiger charge is -2.10. The molecule has 5 heteroatoms. The minimum absolute atomic E-state index is 0.348. The first kappa shape index (κ1) is 17.3. The van der Waals surface area contributed by atoms with Crippen LogP contribution in [0.5, 0.6) is 11.5 Å². The molecule has 0 amide bonds. The molecule has 0 unspecified atom stereocenters. The first-order valence-corrected chi connectivity index (χ1v) is 8.13. The number of hydrogen-bond acceptors (Lipinski definition) is 3. The van der Waals surface area contributed by atoms with E-state index in [0.29, 0.717) is 12.4 Å². The van der Waals surface area contributed by atoms with Gasteiger partial charge >= 0.3 is 5.97 Å². The maximum Gasteiger partial charge on any atom is 0.341 e. The number of rotatable bonds is 7. The summed E-state index contributed by atoms with van der Waals surface area (Å²) in [5.74, 6) is 0.276. The van der Waals surface area contributed by atoms with Gasteiger partial charge in [0, 0.05) is 3.58 Å². The predicted octanol–water partition coefficient (Wildman–Crippen LogP) is 4.31. The van der Waals surface area contributed by atoms with Gasteiger partial charge in [0.2, 0.25) is 0 Å². The van der Waals surface area contributed by atoms with E-state index in [1.54, 1.807) is 12.1 Å². The lowest BCUT2D eigenvalue weighted by atomic mass is 10.2. The van der Waals surface area contributed by atoms with Crippen molar-refractivity contribution in [3.63, 3.8) is 0 Å². The van der Waals surface area contributed by atoms with Crippen LogP contribution in [0.15, 0.2) is 54.6 Å². The van der Waals surface area contributed by atoms with Gasteiger partial charge in [0.05, 0.1) is 0 Å². The van der Waals surface area contributed by atoms with Crippen molar-refractivity contribution < 1.29 is 19.4 Å². The molecule has 0 aliphatic carbocycles. The van der Waals surface area contributed by atoms with Crippen molar-refractivity contribution in [1.29, 1.82) is 0 Å². The molecule has 23 heavy (non-hydrogen) atoms. The molecule has 0 aliphatic heterocycles. The van der Waals surface area contributed by atoms with Crippen LogP contribution in [0.3, 0.4) is 0 Å². The van der Waals surface area contributed by atoms with Gasteiger partial charge in [-0.3, -0.25) is 0 Å². The zero-order valence-electron chi connectivity index (χ0n) is 12.7. The molecular weight excluding hydrogens is 407 g/mol. The minimum atomic E-state index is -0.995. The van der Waals surface area contributed by atoms with Crippen molar-refractivity contribution in [2.45, 2.75) is 6.92 Å². The maximum atomic E-state index is 10.5. The second kappa shape index (κ2) is 8.57. The monoisotopic (exact) mass is 424 g/mol. The second-order valence-corrected chi connectivity index (χ2v) is 6.00. The Morgan fingerprint density at radius 3 is 2.57 bits per heavy atom. The lowest BCUT2D eigenvalue weighted by molar-refractivity contribution is -0.139. The van der Waals surface area contributed by atoms with Crippen LogP contribution in [0, 0.1) is 6.92 Å². The smallest absolute Gasteiger partial charge is 0.341 e. The van der Waals surface area contributed by atoms with Crippen molar-refractivity contribution >= 4 is 32.1 Å². The van der Waals surface area contributed by atoms with Crippen molar-refractivity contribution in [1.82, 2.24) is 0 Å². The van der Waals surface area contributed by atoms with Gasteiger partial charge in [-0.15, -0.1) is 0 Å². The number of carboxylic acids is 1. The summed E-state index contributed by atoms with van der Waals surface area (Å²) in [6.45, 7) is 1.97. The fourth-order valence-corrected chi connectivity index (χ4v) is 2.48. The summed E-state index contributed by atoms with van der Waals surface area (Å²) in [6, 6.07) is 15.4. The highest BCUT2D eigenvalue weighted by molar-refractivity contribution is 14.1. The zero-order chi connectivity index (χ0) is 16.7. The molecule has 4 nitrogen and oxygen atoms in total. The molecule has 0 saturated heterocycles. The fraction of sp³-hybridized carbons (Fsp3) is 0.167. The average Bonchev–Trinajstić information content (AvgIpc) is 2.54. The van der Waals surface area contributed by atoms with Crippen LogP contribution in [0.4, 0.5) is 0 Å². The molecule has 2 aromatic carbocycles. The Labute approximate surface area is 148 Å². The lowest BCUT2D eigenvalue weighted by Crippen LogP contribution is -2.10. The van der Waals surface area contributed by atoms with Crippen LogP contribution in [-0.2, 0) is 4.79 Å². The molecule has 0 heterocycles. The Hall–Kier alpha value is -2.02. The highest BCUT2D eigenvalue weighted by Gasteiger charge is 2.04. The summed E-state index contributed by atoms with van der Waals surface area (Å²) in [6.07, 6.45) is 2.01. The summed E-state index contributed by atoms with van der Waals surface area (Å²) < 4.78 is 12.0. The van der Waals surface area contributed by atoms with E-state index in [1.807, 2.05) is 37.3 Å². The van der Waals surface area contributed by atoms with Gasteiger partial charge < -0.3 is 14.6 Å². The maximum absolute atomic E-state index is 10.5. The molecule has 2 aromatic rings. The van der Waals surface area contributed by atoms with Gasteiger partial charge in [-0.05, 0) is 64.9 Å². The number of aryl methyl sites for hydroxylation is 1. The van der Waals surface area contributed by atoms with Crippen molar-refractivity contribution in [3.8, 4) is 11.5 Å². The second-order valence-electron chi connectivity index (χ2n) is 4.84. The molecule has 1 N–H and O–H groups in total. The third-order valence-electron chi connectivity index (χ3n) is 3.06. The highest BCUT2D eigenvalue weighted by Crippen LogP contribution is 2.24. The number of carbonyl (C=O) groups is 1. The van der Waals surface area contributed by atoms with Gasteiger partial charge in [0.25, 0.3) is 0 Å². The Morgan fingerprint density at radius 1 is 1.17 bits per heavy atom. The summed E-state index contributed by atoms with van der Waals surface area (Å²) >= 11 is 2.28. The molecule has 0 fully saturated rings. The molecule has 0 atom stereocenters. The van der Waals surface area contributed by atoms with Crippen LogP contribution >= 0.6 is 22.6 Å². The average molecular weight is 424 g/mol. The van der Waals surface area contributed by atoms with E-state index in [9.17, 15) is 4.79 Å².